The van der Waals surface area contributed by atoms with Crippen LogP contribution in [0.15, 0.2) is 48.5 Å². The Labute approximate surface area is 100 Å². The molecule has 0 unspecified atom stereocenters. The van der Waals surface area contributed by atoms with Gasteiger partial charge in [-0.2, -0.15) is 0 Å². The average molecular weight is 226 g/mol. The van der Waals surface area contributed by atoms with Crippen molar-refractivity contribution in [3.63, 3.8) is 0 Å². The molecule has 3 N–H and O–H groups in total. The number of benzene rings is 2. The van der Waals surface area contributed by atoms with Gasteiger partial charge in [0, 0.05) is 5.56 Å². The van der Waals surface area contributed by atoms with Gasteiger partial charge in [0.25, 0.3) is 0 Å². The summed E-state index contributed by atoms with van der Waals surface area (Å²) in [5, 5.41) is 7.36. The summed E-state index contributed by atoms with van der Waals surface area (Å²) in [4.78, 5) is 0. The molecular formula is C14H14N2O. The lowest BCUT2D eigenvalue weighted by atomic mass is 10.1. The van der Waals surface area contributed by atoms with E-state index in [0.29, 0.717) is 5.56 Å². The molecule has 3 nitrogen and oxygen atoms in total. The van der Waals surface area contributed by atoms with E-state index in [4.69, 9.17) is 15.9 Å². The summed E-state index contributed by atoms with van der Waals surface area (Å²) in [7, 11) is 0. The fourth-order valence-electron chi connectivity index (χ4n) is 1.55. The third kappa shape index (κ3) is 2.64. The predicted molar refractivity (Wildman–Crippen MR) is 68.7 cm³/mol. The molecule has 0 aliphatic rings. The number of nitrogen functional groups attached to an aromatic ring is 1. The van der Waals surface area contributed by atoms with Gasteiger partial charge in [-0.1, -0.05) is 18.2 Å². The van der Waals surface area contributed by atoms with Crippen LogP contribution in [0.5, 0.6) is 11.5 Å². The highest BCUT2D eigenvalue weighted by Gasteiger charge is 2.03. The Morgan fingerprint density at radius 3 is 2.41 bits per heavy atom. The van der Waals surface area contributed by atoms with Gasteiger partial charge in [-0.3, -0.25) is 5.41 Å². The molecule has 17 heavy (non-hydrogen) atoms. The Bertz CT molecular complexity index is 535. The number of hydrogen-bond acceptors (Lipinski definition) is 2. The van der Waals surface area contributed by atoms with Crippen LogP contribution in [0.25, 0.3) is 0 Å². The quantitative estimate of drug-likeness (QED) is 0.624. The topological polar surface area (TPSA) is 59.1 Å². The highest BCUT2D eigenvalue weighted by Crippen LogP contribution is 2.25. The first kappa shape index (κ1) is 11.2. The van der Waals surface area contributed by atoms with E-state index in [1.165, 1.54) is 0 Å². The maximum absolute atomic E-state index is 7.36. The second-order valence-corrected chi connectivity index (χ2v) is 3.81. The molecule has 0 aliphatic heterocycles. The second-order valence-electron chi connectivity index (χ2n) is 3.81. The highest BCUT2D eigenvalue weighted by molar-refractivity contribution is 5.95. The van der Waals surface area contributed by atoms with E-state index in [-0.39, 0.29) is 5.84 Å². The first-order valence-corrected chi connectivity index (χ1v) is 5.35. The minimum Gasteiger partial charge on any atom is -0.457 e. The van der Waals surface area contributed by atoms with Crippen LogP contribution in [-0.2, 0) is 0 Å². The molecule has 0 atom stereocenters. The molecule has 2 aromatic carbocycles. The van der Waals surface area contributed by atoms with Crippen molar-refractivity contribution in [1.82, 2.24) is 0 Å². The van der Waals surface area contributed by atoms with Gasteiger partial charge in [0.15, 0.2) is 0 Å². The molecule has 2 aromatic rings. The van der Waals surface area contributed by atoms with Gasteiger partial charge in [-0.15, -0.1) is 0 Å². The third-order valence-electron chi connectivity index (χ3n) is 2.46. The van der Waals surface area contributed by atoms with Crippen molar-refractivity contribution >= 4 is 5.84 Å². The average Bonchev–Trinajstić information content (AvgIpc) is 2.33. The summed E-state index contributed by atoms with van der Waals surface area (Å²) in [6.07, 6.45) is 0. The summed E-state index contributed by atoms with van der Waals surface area (Å²) in [6.45, 7) is 1.94. The van der Waals surface area contributed by atoms with Gasteiger partial charge < -0.3 is 10.5 Å². The molecule has 2 rings (SSSR count). The molecule has 0 heterocycles. The molecule has 0 radical (unpaired) electrons. The van der Waals surface area contributed by atoms with Gasteiger partial charge in [0.2, 0.25) is 0 Å². The summed E-state index contributed by atoms with van der Waals surface area (Å²) >= 11 is 0. The zero-order chi connectivity index (χ0) is 12.3. The third-order valence-corrected chi connectivity index (χ3v) is 2.46. The van der Waals surface area contributed by atoms with Crippen molar-refractivity contribution in [2.24, 2.45) is 5.73 Å². The Hall–Kier alpha value is -2.29. The van der Waals surface area contributed by atoms with Gasteiger partial charge in [0.1, 0.15) is 17.3 Å². The molecule has 0 aromatic heterocycles. The van der Waals surface area contributed by atoms with Gasteiger partial charge in [-0.05, 0) is 42.8 Å². The van der Waals surface area contributed by atoms with Gasteiger partial charge in [0.05, 0.1) is 0 Å². The lowest BCUT2D eigenvalue weighted by Gasteiger charge is -2.09. The number of aryl methyl sites for hydroxylation is 1. The van der Waals surface area contributed by atoms with Crippen LogP contribution in [-0.4, -0.2) is 5.84 Å². The summed E-state index contributed by atoms with van der Waals surface area (Å²) in [6, 6.07) is 15.1. The molecular weight excluding hydrogens is 212 g/mol. The molecule has 86 valence electrons. The van der Waals surface area contributed by atoms with Crippen LogP contribution in [0.1, 0.15) is 11.1 Å². The fraction of sp³-hybridized carbons (Fsp3) is 0.0714. The predicted octanol–water partition coefficient (Wildman–Crippen LogP) is 3.07. The van der Waals surface area contributed by atoms with E-state index in [1.54, 1.807) is 6.07 Å². The number of amidine groups is 1. The maximum atomic E-state index is 7.36. The largest absolute Gasteiger partial charge is 0.457 e. The Morgan fingerprint density at radius 2 is 1.82 bits per heavy atom. The number of nitrogens with two attached hydrogens (primary N) is 1. The van der Waals surface area contributed by atoms with Crippen LogP contribution in [0.4, 0.5) is 0 Å². The molecule has 0 fully saturated rings. The van der Waals surface area contributed by atoms with Gasteiger partial charge >= 0.3 is 0 Å². The SMILES string of the molecule is Cc1cc(C(=N)N)ccc1Oc1ccccc1. The van der Waals surface area contributed by atoms with Crippen LogP contribution < -0.4 is 10.5 Å². The lowest BCUT2D eigenvalue weighted by Crippen LogP contribution is -2.11. The van der Waals surface area contributed by atoms with Crippen molar-refractivity contribution in [3.05, 3.63) is 59.7 Å². The molecule has 0 saturated heterocycles. The molecule has 3 heteroatoms. The zero-order valence-electron chi connectivity index (χ0n) is 9.60. The monoisotopic (exact) mass is 226 g/mol. The van der Waals surface area contributed by atoms with Gasteiger partial charge in [-0.25, -0.2) is 0 Å². The zero-order valence-corrected chi connectivity index (χ0v) is 9.60. The van der Waals surface area contributed by atoms with E-state index < -0.39 is 0 Å². The minimum absolute atomic E-state index is 0.0689. The maximum Gasteiger partial charge on any atom is 0.130 e. The van der Waals surface area contributed by atoms with E-state index in [1.807, 2.05) is 49.4 Å². The summed E-state index contributed by atoms with van der Waals surface area (Å²) in [5.74, 6) is 1.65. The Balaban J connectivity index is 2.26. The van der Waals surface area contributed by atoms with E-state index >= 15 is 0 Å². The number of hydrogen-bond donors (Lipinski definition) is 2. The molecule has 0 bridgehead atoms. The molecule has 0 saturated carbocycles. The number of para-hydroxylation sites is 1. The smallest absolute Gasteiger partial charge is 0.130 e. The normalized spacial score (nSPS) is 9.94. The van der Waals surface area contributed by atoms with Crippen LogP contribution >= 0.6 is 0 Å². The summed E-state index contributed by atoms with van der Waals surface area (Å²) < 4.78 is 5.73. The van der Waals surface area contributed by atoms with E-state index in [9.17, 15) is 0 Å². The second kappa shape index (κ2) is 4.70. The van der Waals surface area contributed by atoms with E-state index in [0.717, 1.165) is 17.1 Å². The summed E-state index contributed by atoms with van der Waals surface area (Å²) in [5.41, 5.74) is 7.10. The number of rotatable bonds is 3. The first-order chi connectivity index (χ1) is 8.16. The molecule has 0 spiro atoms. The van der Waals surface area contributed by atoms with Crippen molar-refractivity contribution in [3.8, 4) is 11.5 Å². The minimum atomic E-state index is 0.0689. The lowest BCUT2D eigenvalue weighted by molar-refractivity contribution is 0.479. The molecule has 0 aliphatic carbocycles. The van der Waals surface area contributed by atoms with E-state index in [2.05, 4.69) is 0 Å². The van der Waals surface area contributed by atoms with Crippen LogP contribution in [0.3, 0.4) is 0 Å². The van der Waals surface area contributed by atoms with Crippen molar-refractivity contribution in [1.29, 1.82) is 5.41 Å². The highest BCUT2D eigenvalue weighted by atomic mass is 16.5. The first-order valence-electron chi connectivity index (χ1n) is 5.35. The van der Waals surface area contributed by atoms with Crippen LogP contribution in [0.2, 0.25) is 0 Å². The fourth-order valence-corrected chi connectivity index (χ4v) is 1.55. The molecule has 0 amide bonds. The number of ether oxygens (including phenoxy) is 1. The van der Waals surface area contributed by atoms with Crippen molar-refractivity contribution < 1.29 is 4.74 Å². The van der Waals surface area contributed by atoms with Crippen LogP contribution in [0, 0.1) is 12.3 Å². The Morgan fingerprint density at radius 1 is 1.12 bits per heavy atom. The Kier molecular flexibility index (Phi) is 3.10. The standard InChI is InChI=1S/C14H14N2O/c1-10-9-11(14(15)16)7-8-13(10)17-12-5-3-2-4-6-12/h2-9H,1H3,(H3,15,16). The van der Waals surface area contributed by atoms with Crippen molar-refractivity contribution in [2.45, 2.75) is 6.92 Å². The van der Waals surface area contributed by atoms with Crippen molar-refractivity contribution in [2.75, 3.05) is 0 Å². The number of nitrogens with one attached hydrogen (secondary N) is 1.